The second-order valence-electron chi connectivity index (χ2n) is 3.14. The van der Waals surface area contributed by atoms with E-state index in [9.17, 15) is 17.6 Å². The molecule has 0 radical (unpaired) electrons. The molecule has 15 heavy (non-hydrogen) atoms. The van der Waals surface area contributed by atoms with E-state index in [2.05, 4.69) is 0 Å². The van der Waals surface area contributed by atoms with Gasteiger partial charge in [-0.1, -0.05) is 0 Å². The van der Waals surface area contributed by atoms with Gasteiger partial charge in [0.15, 0.2) is 0 Å². The molecule has 1 aromatic carbocycles. The number of hydrogen-bond donors (Lipinski definition) is 0. The zero-order chi connectivity index (χ0) is 11.6. The Bertz CT molecular complexity index is 391. The van der Waals surface area contributed by atoms with E-state index >= 15 is 0 Å². The fraction of sp³-hybridized carbons (Fsp3) is 0.300. The number of alkyl halides is 2. The molecule has 0 aliphatic carbocycles. The Morgan fingerprint density at radius 3 is 2.07 bits per heavy atom. The molecule has 0 aromatic heterocycles. The van der Waals surface area contributed by atoms with Crippen molar-refractivity contribution in [3.8, 4) is 6.07 Å². The Hall–Kier alpha value is -1.57. The summed E-state index contributed by atoms with van der Waals surface area (Å²) in [5.74, 6) is -5.53. The summed E-state index contributed by atoms with van der Waals surface area (Å²) in [6.45, 7) is 0.547. The molecule has 0 saturated carbocycles. The van der Waals surface area contributed by atoms with Crippen LogP contribution in [-0.2, 0) is 12.3 Å². The molecule has 1 nitrogen and oxygen atoms in total. The summed E-state index contributed by atoms with van der Waals surface area (Å²) >= 11 is 0. The van der Waals surface area contributed by atoms with Crippen LogP contribution in [-0.4, -0.2) is 0 Å². The highest BCUT2D eigenvalue weighted by Crippen LogP contribution is 2.29. The monoisotopic (exact) mass is 217 g/mol. The molecule has 0 N–H and O–H groups in total. The van der Waals surface area contributed by atoms with E-state index in [0.29, 0.717) is 19.1 Å². The highest BCUT2D eigenvalue weighted by molar-refractivity contribution is 5.30. The first-order chi connectivity index (χ1) is 6.86. The summed E-state index contributed by atoms with van der Waals surface area (Å²) in [5, 5.41) is 8.27. The lowest BCUT2D eigenvalue weighted by molar-refractivity contribution is 0.0168. The predicted molar refractivity (Wildman–Crippen MR) is 45.2 cm³/mol. The first-order valence-corrected chi connectivity index (χ1v) is 4.09. The van der Waals surface area contributed by atoms with Crippen molar-refractivity contribution in [2.24, 2.45) is 0 Å². The van der Waals surface area contributed by atoms with Crippen LogP contribution in [0.3, 0.4) is 0 Å². The zero-order valence-electron chi connectivity index (χ0n) is 7.82. The topological polar surface area (TPSA) is 23.8 Å². The number of nitriles is 1. The average molecular weight is 217 g/mol. The van der Waals surface area contributed by atoms with Crippen molar-refractivity contribution in [2.75, 3.05) is 0 Å². The number of rotatable bonds is 2. The third-order valence-electron chi connectivity index (χ3n) is 1.90. The van der Waals surface area contributed by atoms with Gasteiger partial charge in [0.2, 0.25) is 0 Å². The summed E-state index contributed by atoms with van der Waals surface area (Å²) in [7, 11) is 0. The van der Waals surface area contributed by atoms with E-state index in [1.807, 2.05) is 0 Å². The Balaban J connectivity index is 3.27. The largest absolute Gasteiger partial charge is 0.270 e. The van der Waals surface area contributed by atoms with Crippen LogP contribution in [0, 0.1) is 23.0 Å². The van der Waals surface area contributed by atoms with Crippen LogP contribution in [0.5, 0.6) is 0 Å². The maximum atomic E-state index is 13.1. The van der Waals surface area contributed by atoms with Gasteiger partial charge in [0.05, 0.1) is 12.5 Å². The van der Waals surface area contributed by atoms with Crippen molar-refractivity contribution in [3.63, 3.8) is 0 Å². The van der Waals surface area contributed by atoms with Crippen LogP contribution in [0.4, 0.5) is 17.6 Å². The number of benzene rings is 1. The minimum atomic E-state index is -3.30. The Kier molecular flexibility index (Phi) is 2.98. The average Bonchev–Trinajstić information content (AvgIpc) is 2.09. The van der Waals surface area contributed by atoms with Gasteiger partial charge in [0, 0.05) is 18.1 Å². The van der Waals surface area contributed by atoms with Crippen LogP contribution < -0.4 is 0 Å². The van der Waals surface area contributed by atoms with Gasteiger partial charge >= 0.3 is 0 Å². The van der Waals surface area contributed by atoms with E-state index in [4.69, 9.17) is 5.26 Å². The highest BCUT2D eigenvalue weighted by atomic mass is 19.3. The van der Waals surface area contributed by atoms with Crippen LogP contribution in [0.25, 0.3) is 0 Å². The zero-order valence-corrected chi connectivity index (χ0v) is 7.82. The predicted octanol–water partition coefficient (Wildman–Crippen LogP) is 3.14. The second-order valence-corrected chi connectivity index (χ2v) is 3.14. The van der Waals surface area contributed by atoms with Crippen molar-refractivity contribution < 1.29 is 17.6 Å². The molecule has 0 bridgehead atoms. The lowest BCUT2D eigenvalue weighted by Gasteiger charge is -2.12. The van der Waals surface area contributed by atoms with Crippen molar-refractivity contribution in [1.29, 1.82) is 5.26 Å². The smallest absolute Gasteiger partial charge is 0.207 e. The lowest BCUT2D eigenvalue weighted by Crippen LogP contribution is -2.09. The fourth-order valence-corrected chi connectivity index (χ4v) is 1.10. The molecular weight excluding hydrogens is 210 g/mol. The molecule has 0 heterocycles. The molecule has 80 valence electrons. The summed E-state index contributed by atoms with van der Waals surface area (Å²) in [4.78, 5) is 0. The van der Waals surface area contributed by atoms with Gasteiger partial charge in [-0.2, -0.15) is 5.26 Å². The SMILES string of the molecule is CC(F)(F)c1cc(F)c(CC#N)c(F)c1. The van der Waals surface area contributed by atoms with Crippen LogP contribution in [0.1, 0.15) is 18.1 Å². The van der Waals surface area contributed by atoms with E-state index in [1.54, 1.807) is 6.07 Å². The number of nitrogens with zero attached hydrogens (tertiary/aromatic N) is 1. The highest BCUT2D eigenvalue weighted by Gasteiger charge is 2.27. The maximum absolute atomic E-state index is 13.1. The first-order valence-electron chi connectivity index (χ1n) is 4.09. The molecule has 0 saturated heterocycles. The standard InChI is InChI=1S/C10H7F4N/c1-10(13,14)6-4-8(11)7(2-3-15)9(12)5-6/h4-5H,2H2,1H3. The summed E-state index contributed by atoms with van der Waals surface area (Å²) in [6.07, 6.45) is -0.479. The van der Waals surface area contributed by atoms with Crippen LogP contribution in [0.2, 0.25) is 0 Å². The van der Waals surface area contributed by atoms with Crippen molar-refractivity contribution in [3.05, 3.63) is 34.9 Å². The van der Waals surface area contributed by atoms with E-state index in [0.717, 1.165) is 0 Å². The quantitative estimate of drug-likeness (QED) is 0.698. The minimum Gasteiger partial charge on any atom is -0.207 e. The second kappa shape index (κ2) is 3.89. The lowest BCUT2D eigenvalue weighted by atomic mass is 10.0. The van der Waals surface area contributed by atoms with E-state index in [1.165, 1.54) is 0 Å². The van der Waals surface area contributed by atoms with Crippen molar-refractivity contribution in [2.45, 2.75) is 19.3 Å². The number of hydrogen-bond acceptors (Lipinski definition) is 1. The maximum Gasteiger partial charge on any atom is 0.270 e. The van der Waals surface area contributed by atoms with Crippen LogP contribution >= 0.6 is 0 Å². The van der Waals surface area contributed by atoms with Gasteiger partial charge in [0.25, 0.3) is 5.92 Å². The summed E-state index contributed by atoms with van der Waals surface area (Å²) in [5.41, 5.74) is -1.22. The molecule has 0 amide bonds. The molecular formula is C10H7F4N. The van der Waals surface area contributed by atoms with Gasteiger partial charge < -0.3 is 0 Å². The summed E-state index contributed by atoms with van der Waals surface area (Å²) < 4.78 is 51.7. The molecule has 0 aliphatic rings. The Morgan fingerprint density at radius 1 is 1.27 bits per heavy atom. The molecule has 0 spiro atoms. The molecule has 5 heteroatoms. The molecule has 1 aromatic rings. The van der Waals surface area contributed by atoms with Gasteiger partial charge in [0.1, 0.15) is 11.6 Å². The molecule has 1 rings (SSSR count). The third kappa shape index (κ3) is 2.46. The molecule has 0 unspecified atom stereocenters. The third-order valence-corrected chi connectivity index (χ3v) is 1.90. The van der Waals surface area contributed by atoms with Crippen LogP contribution in [0.15, 0.2) is 12.1 Å². The number of halogens is 4. The van der Waals surface area contributed by atoms with Gasteiger partial charge in [-0.3, -0.25) is 0 Å². The van der Waals surface area contributed by atoms with Gasteiger partial charge in [-0.15, -0.1) is 0 Å². The molecule has 0 fully saturated rings. The molecule has 0 aliphatic heterocycles. The van der Waals surface area contributed by atoms with Gasteiger partial charge in [-0.05, 0) is 12.1 Å². The Labute approximate surface area is 83.9 Å². The molecule has 0 atom stereocenters. The first kappa shape index (κ1) is 11.5. The Morgan fingerprint density at radius 2 is 1.73 bits per heavy atom. The summed E-state index contributed by atoms with van der Waals surface area (Å²) in [6, 6.07) is 2.66. The van der Waals surface area contributed by atoms with Gasteiger partial charge in [-0.25, -0.2) is 17.6 Å². The van der Waals surface area contributed by atoms with Crippen molar-refractivity contribution >= 4 is 0 Å². The fourth-order valence-electron chi connectivity index (χ4n) is 1.10. The van der Waals surface area contributed by atoms with Crippen molar-refractivity contribution in [1.82, 2.24) is 0 Å². The van der Waals surface area contributed by atoms with E-state index in [-0.39, 0.29) is 0 Å². The minimum absolute atomic E-state index is 0.479. The van der Waals surface area contributed by atoms with E-state index < -0.39 is 35.1 Å². The normalized spacial score (nSPS) is 11.2.